The first kappa shape index (κ1) is 19.8. The van der Waals surface area contributed by atoms with Gasteiger partial charge in [-0.15, -0.1) is 0 Å². The fourth-order valence-corrected chi connectivity index (χ4v) is 8.38. The predicted molar refractivity (Wildman–Crippen MR) is 111 cm³/mol. The van der Waals surface area contributed by atoms with E-state index < -0.39 is 12.3 Å². The molecule has 1 heterocycles. The summed E-state index contributed by atoms with van der Waals surface area (Å²) in [6.45, 7) is 2.34. The molecule has 1 N–H and O–H groups in total. The van der Waals surface area contributed by atoms with Crippen molar-refractivity contribution in [3.63, 3.8) is 0 Å². The van der Waals surface area contributed by atoms with E-state index in [0.29, 0.717) is 42.9 Å². The average molecular weight is 402 g/mol. The van der Waals surface area contributed by atoms with E-state index in [9.17, 15) is 14.3 Å². The number of fused-ring (bicyclic) bond motifs is 5. The van der Waals surface area contributed by atoms with Gasteiger partial charge in [0.05, 0.1) is 12.1 Å². The van der Waals surface area contributed by atoms with Crippen molar-refractivity contribution in [1.29, 1.82) is 0 Å². The third-order valence-corrected chi connectivity index (χ3v) is 9.75. The van der Waals surface area contributed by atoms with Gasteiger partial charge < -0.3 is 9.67 Å². The van der Waals surface area contributed by atoms with Gasteiger partial charge in [-0.1, -0.05) is 6.92 Å². The number of alkyl halides is 1. The van der Waals surface area contributed by atoms with Gasteiger partial charge in [0.15, 0.2) is 5.78 Å². The number of hydrogen-bond acceptors (Lipinski definition) is 2. The largest absolute Gasteiger partial charge is 0.387 e. The van der Waals surface area contributed by atoms with Crippen LogP contribution >= 0.6 is 0 Å². The maximum atomic E-state index is 13.4. The Labute approximate surface area is 174 Å². The lowest BCUT2D eigenvalue weighted by Gasteiger charge is -2.57. The molecular formula is C25H36FNO2. The van der Waals surface area contributed by atoms with E-state index in [2.05, 4.69) is 6.92 Å². The lowest BCUT2D eigenvalue weighted by Crippen LogP contribution is -2.52. The molecule has 4 saturated carbocycles. The van der Waals surface area contributed by atoms with Crippen LogP contribution in [-0.2, 0) is 11.3 Å². The van der Waals surface area contributed by atoms with Crippen LogP contribution in [0.25, 0.3) is 0 Å². The molecule has 0 saturated heterocycles. The Hall–Kier alpha value is -1.16. The van der Waals surface area contributed by atoms with E-state index in [0.717, 1.165) is 37.5 Å². The zero-order chi connectivity index (χ0) is 20.2. The molecule has 0 aliphatic heterocycles. The highest BCUT2D eigenvalue weighted by Gasteiger charge is 2.58. The number of hydrogen-bond donors (Lipinski definition) is 1. The number of ketones is 1. The van der Waals surface area contributed by atoms with Gasteiger partial charge in [-0.2, -0.15) is 0 Å². The zero-order valence-corrected chi connectivity index (χ0v) is 17.7. The smallest absolute Gasteiger partial charge is 0.156 e. The van der Waals surface area contributed by atoms with Crippen LogP contribution in [0.15, 0.2) is 24.5 Å². The first-order valence-corrected chi connectivity index (χ1v) is 11.9. The fraction of sp³-hybridized carbons (Fsp3) is 0.800. The molecule has 4 aliphatic carbocycles. The number of aliphatic hydroxyl groups is 1. The Balaban J connectivity index is 1.31. The van der Waals surface area contributed by atoms with E-state index in [1.807, 2.05) is 29.1 Å². The van der Waals surface area contributed by atoms with E-state index in [4.69, 9.17) is 0 Å². The molecule has 4 heteroatoms. The third kappa shape index (κ3) is 3.21. The Bertz CT molecular complexity index is 748. The van der Waals surface area contributed by atoms with Gasteiger partial charge in [0.25, 0.3) is 0 Å². The molecule has 0 unspecified atom stereocenters. The van der Waals surface area contributed by atoms with Crippen molar-refractivity contribution in [3.05, 3.63) is 24.5 Å². The van der Waals surface area contributed by atoms with E-state index >= 15 is 0 Å². The van der Waals surface area contributed by atoms with Crippen molar-refractivity contribution in [1.82, 2.24) is 4.57 Å². The van der Waals surface area contributed by atoms with Gasteiger partial charge in [-0.3, -0.25) is 4.79 Å². The average Bonchev–Trinajstić information content (AvgIpc) is 3.34. The zero-order valence-electron chi connectivity index (χ0n) is 17.7. The van der Waals surface area contributed by atoms with Crippen molar-refractivity contribution in [2.24, 2.45) is 40.9 Å². The molecule has 160 valence electrons. The number of halogens is 1. The molecule has 3 nitrogen and oxygen atoms in total. The standard InChI is InChI=1S/C25H36FNO2/c1-24-10-8-19-18-9-11-25(29,16-26)14-17(18)4-5-20(19)21(24)6-7-22(24)23(28)15-27-12-2-3-13-27/h2-3,12-13,17-22,29H,4-11,14-16H2,1H3/t17-,18+,19-,20-,21+,22-,24+,25-/m1/s1. The molecule has 4 fully saturated rings. The highest BCUT2D eigenvalue weighted by Crippen LogP contribution is 2.64. The Kier molecular flexibility index (Phi) is 4.92. The SMILES string of the molecule is C[C@]12CC[C@H]3[C@@H](CC[C@@H]4C[C@@](O)(CF)CC[C@@H]43)[C@@H]1CC[C@@H]2C(=O)Cn1cccc1. The summed E-state index contributed by atoms with van der Waals surface area (Å²) in [5.74, 6) is 3.93. The number of Topliss-reactive ketones (excluding diaryl/α,β-unsaturated/α-hetero) is 1. The van der Waals surface area contributed by atoms with Crippen LogP contribution in [0.1, 0.15) is 64.7 Å². The first-order valence-electron chi connectivity index (χ1n) is 11.9. The molecule has 0 aromatic carbocycles. The fourth-order valence-electron chi connectivity index (χ4n) is 8.38. The van der Waals surface area contributed by atoms with Crippen molar-refractivity contribution in [3.8, 4) is 0 Å². The van der Waals surface area contributed by atoms with E-state index in [-0.39, 0.29) is 11.3 Å². The van der Waals surface area contributed by atoms with Gasteiger partial charge in [-0.25, -0.2) is 4.39 Å². The second-order valence-electron chi connectivity index (χ2n) is 11.0. The van der Waals surface area contributed by atoms with Gasteiger partial charge in [0, 0.05) is 18.3 Å². The second kappa shape index (κ2) is 7.21. The quantitative estimate of drug-likeness (QED) is 0.769. The lowest BCUT2D eigenvalue weighted by atomic mass is 9.49. The molecule has 8 atom stereocenters. The van der Waals surface area contributed by atoms with Crippen LogP contribution < -0.4 is 0 Å². The Morgan fingerprint density at radius 1 is 1.03 bits per heavy atom. The van der Waals surface area contributed by atoms with Crippen LogP contribution in [0.2, 0.25) is 0 Å². The molecular weight excluding hydrogens is 365 g/mol. The molecule has 5 rings (SSSR count). The number of rotatable bonds is 4. The highest BCUT2D eigenvalue weighted by molar-refractivity contribution is 5.82. The minimum absolute atomic E-state index is 0.159. The molecule has 0 spiro atoms. The summed E-state index contributed by atoms with van der Waals surface area (Å²) in [5, 5.41) is 10.5. The number of nitrogens with zero attached hydrogens (tertiary/aromatic N) is 1. The first-order chi connectivity index (χ1) is 13.9. The molecule has 0 radical (unpaired) electrons. The van der Waals surface area contributed by atoms with Crippen molar-refractivity contribution in [2.75, 3.05) is 6.67 Å². The summed E-state index contributed by atoms with van der Waals surface area (Å²) in [4.78, 5) is 13.2. The summed E-state index contributed by atoms with van der Waals surface area (Å²) >= 11 is 0. The molecule has 1 aromatic heterocycles. The topological polar surface area (TPSA) is 42.2 Å². The minimum atomic E-state index is -1.06. The van der Waals surface area contributed by atoms with Gasteiger partial charge in [0.2, 0.25) is 0 Å². The van der Waals surface area contributed by atoms with E-state index in [1.165, 1.54) is 19.3 Å². The number of carbonyl (C=O) groups is 1. The maximum Gasteiger partial charge on any atom is 0.156 e. The molecule has 0 amide bonds. The van der Waals surface area contributed by atoms with Crippen LogP contribution in [0.3, 0.4) is 0 Å². The highest BCUT2D eigenvalue weighted by atomic mass is 19.1. The van der Waals surface area contributed by atoms with Crippen LogP contribution in [0, 0.1) is 40.9 Å². The van der Waals surface area contributed by atoms with Crippen molar-refractivity contribution < 1.29 is 14.3 Å². The number of aromatic nitrogens is 1. The summed E-state index contributed by atoms with van der Waals surface area (Å²) < 4.78 is 15.4. The second-order valence-corrected chi connectivity index (χ2v) is 11.0. The molecule has 29 heavy (non-hydrogen) atoms. The van der Waals surface area contributed by atoms with Crippen LogP contribution in [0.5, 0.6) is 0 Å². The maximum absolute atomic E-state index is 13.4. The molecule has 0 bridgehead atoms. The Morgan fingerprint density at radius 2 is 1.79 bits per heavy atom. The summed E-state index contributed by atoms with van der Waals surface area (Å²) in [6, 6.07) is 3.98. The molecule has 4 aliphatic rings. The van der Waals surface area contributed by atoms with E-state index in [1.54, 1.807) is 0 Å². The van der Waals surface area contributed by atoms with Gasteiger partial charge >= 0.3 is 0 Å². The minimum Gasteiger partial charge on any atom is -0.387 e. The summed E-state index contributed by atoms with van der Waals surface area (Å²) in [7, 11) is 0. The van der Waals surface area contributed by atoms with Crippen LogP contribution in [-0.4, -0.2) is 27.7 Å². The summed E-state index contributed by atoms with van der Waals surface area (Å²) in [6.07, 6.45) is 13.3. The third-order valence-electron chi connectivity index (χ3n) is 9.75. The van der Waals surface area contributed by atoms with Gasteiger partial charge in [-0.05, 0) is 105 Å². The lowest BCUT2D eigenvalue weighted by molar-refractivity contribution is -0.134. The summed E-state index contributed by atoms with van der Waals surface area (Å²) in [5.41, 5.74) is -0.896. The number of carbonyl (C=O) groups excluding carboxylic acids is 1. The predicted octanol–water partition coefficient (Wildman–Crippen LogP) is 5.03. The van der Waals surface area contributed by atoms with Crippen molar-refractivity contribution in [2.45, 2.75) is 76.9 Å². The normalized spacial score (nSPS) is 46.6. The Morgan fingerprint density at radius 3 is 2.55 bits per heavy atom. The molecule has 1 aromatic rings. The van der Waals surface area contributed by atoms with Crippen molar-refractivity contribution >= 4 is 5.78 Å². The van der Waals surface area contributed by atoms with Crippen LogP contribution in [0.4, 0.5) is 4.39 Å². The monoisotopic (exact) mass is 401 g/mol. The van der Waals surface area contributed by atoms with Gasteiger partial charge in [0.1, 0.15) is 6.67 Å².